The maximum Gasteiger partial charge on any atom is 0.266 e. The molecule has 0 bridgehead atoms. The highest BCUT2D eigenvalue weighted by molar-refractivity contribution is 9.10. The summed E-state index contributed by atoms with van der Waals surface area (Å²) >= 11 is 9.85. The van der Waals surface area contributed by atoms with Gasteiger partial charge < -0.3 is 14.6 Å². The van der Waals surface area contributed by atoms with Gasteiger partial charge in [-0.2, -0.15) is 0 Å². The number of ether oxygens (including phenoxy) is 2. The number of nitrogens with zero attached hydrogens (tertiary/aromatic N) is 1. The average molecular weight is 689 g/mol. The van der Waals surface area contributed by atoms with Crippen molar-refractivity contribution in [2.75, 3.05) is 19.8 Å². The van der Waals surface area contributed by atoms with Crippen LogP contribution >= 0.6 is 27.5 Å². The lowest BCUT2D eigenvalue weighted by atomic mass is 9.84. The number of carbonyl (C=O) groups is 1. The van der Waals surface area contributed by atoms with E-state index in [1.807, 2.05) is 115 Å². The number of hydrogen-bond donors (Lipinski definition) is 3. The summed E-state index contributed by atoms with van der Waals surface area (Å²) in [7, 11) is 0. The number of halogens is 2. The van der Waals surface area contributed by atoms with Crippen LogP contribution in [-0.2, 0) is 16.0 Å². The molecule has 1 amide bonds. The highest BCUT2D eigenvalue weighted by Crippen LogP contribution is 2.43. The van der Waals surface area contributed by atoms with Crippen LogP contribution in [0.4, 0.5) is 0 Å². The third-order valence-electron chi connectivity index (χ3n) is 7.42. The van der Waals surface area contributed by atoms with Gasteiger partial charge in [0, 0.05) is 41.1 Å². The molecule has 0 aliphatic carbocycles. The Bertz CT molecular complexity index is 1610. The van der Waals surface area contributed by atoms with Crippen molar-refractivity contribution in [3.8, 4) is 5.75 Å². The van der Waals surface area contributed by atoms with Crippen molar-refractivity contribution < 1.29 is 19.4 Å². The van der Waals surface area contributed by atoms with E-state index in [0.717, 1.165) is 26.7 Å². The molecule has 1 aliphatic heterocycles. The molecule has 4 aromatic rings. The SMILES string of the molecule is O=C(NNCCc1ccccc1Cl)[C@@]1(C/C=C/c2ccccc2)N=C(c2ccc(OCCCO)cc2)O[C@H]1c1ccc(Br)cc1. The molecule has 0 aromatic heterocycles. The summed E-state index contributed by atoms with van der Waals surface area (Å²) in [6, 6.07) is 32.7. The van der Waals surface area contributed by atoms with Crippen LogP contribution < -0.4 is 15.6 Å². The van der Waals surface area contributed by atoms with Gasteiger partial charge in [-0.3, -0.25) is 10.2 Å². The Morgan fingerprint density at radius 2 is 1.73 bits per heavy atom. The third kappa shape index (κ3) is 8.41. The quantitative estimate of drug-likeness (QED) is 0.0973. The average Bonchev–Trinajstić information content (AvgIpc) is 3.46. The Kier molecular flexibility index (Phi) is 11.4. The van der Waals surface area contributed by atoms with Crippen LogP contribution in [0.1, 0.15) is 41.2 Å². The van der Waals surface area contributed by atoms with E-state index in [0.29, 0.717) is 42.7 Å². The van der Waals surface area contributed by atoms with Crippen molar-refractivity contribution in [1.29, 1.82) is 0 Å². The van der Waals surface area contributed by atoms with Gasteiger partial charge in [-0.1, -0.05) is 100 Å². The minimum atomic E-state index is -1.32. The van der Waals surface area contributed by atoms with Crippen LogP contribution in [-0.4, -0.2) is 42.2 Å². The molecular formula is C36H35BrClN3O4. The molecular weight excluding hydrogens is 654 g/mol. The second-order valence-corrected chi connectivity index (χ2v) is 11.9. The molecule has 0 fully saturated rings. The topological polar surface area (TPSA) is 92.2 Å². The minimum absolute atomic E-state index is 0.0674. The van der Waals surface area contributed by atoms with Crippen LogP contribution in [0.5, 0.6) is 5.75 Å². The van der Waals surface area contributed by atoms with Crippen molar-refractivity contribution in [2.45, 2.75) is 30.9 Å². The number of aliphatic hydroxyl groups is 1. The fraction of sp³-hybridized carbons (Fsp3) is 0.222. The van der Waals surface area contributed by atoms with Crippen LogP contribution in [0.2, 0.25) is 5.02 Å². The van der Waals surface area contributed by atoms with Gasteiger partial charge in [-0.15, -0.1) is 0 Å². The summed E-state index contributed by atoms with van der Waals surface area (Å²) in [5, 5.41) is 9.74. The monoisotopic (exact) mass is 687 g/mol. The van der Waals surface area contributed by atoms with Crippen LogP contribution in [0.15, 0.2) is 119 Å². The summed E-state index contributed by atoms with van der Waals surface area (Å²) in [6.07, 6.45) is 4.73. The third-order valence-corrected chi connectivity index (χ3v) is 8.32. The van der Waals surface area contributed by atoms with Crippen molar-refractivity contribution in [3.05, 3.63) is 141 Å². The predicted octanol–water partition coefficient (Wildman–Crippen LogP) is 7.09. The van der Waals surface area contributed by atoms with Crippen molar-refractivity contribution in [2.24, 2.45) is 4.99 Å². The molecule has 0 saturated carbocycles. The zero-order chi connectivity index (χ0) is 31.5. The largest absolute Gasteiger partial charge is 0.494 e. The Hall–Kier alpha value is -3.95. The smallest absolute Gasteiger partial charge is 0.266 e. The summed E-state index contributed by atoms with van der Waals surface area (Å²) < 4.78 is 13.2. The number of rotatable bonds is 14. The number of hydrogen-bond acceptors (Lipinski definition) is 6. The normalized spacial score (nSPS) is 17.6. The van der Waals surface area contributed by atoms with E-state index in [9.17, 15) is 4.79 Å². The van der Waals surface area contributed by atoms with Gasteiger partial charge in [0.25, 0.3) is 5.91 Å². The Balaban J connectivity index is 1.45. The summed E-state index contributed by atoms with van der Waals surface area (Å²) in [4.78, 5) is 19.3. The van der Waals surface area contributed by atoms with Crippen LogP contribution in [0.25, 0.3) is 6.08 Å². The first-order valence-corrected chi connectivity index (χ1v) is 16.0. The van der Waals surface area contributed by atoms with Gasteiger partial charge in [0.05, 0.1) is 6.61 Å². The van der Waals surface area contributed by atoms with E-state index < -0.39 is 11.6 Å². The fourth-order valence-electron chi connectivity index (χ4n) is 5.04. The first-order valence-electron chi connectivity index (χ1n) is 14.8. The van der Waals surface area contributed by atoms with E-state index >= 15 is 0 Å². The molecule has 0 radical (unpaired) electrons. The van der Waals surface area contributed by atoms with E-state index in [2.05, 4.69) is 26.8 Å². The van der Waals surface area contributed by atoms with E-state index in [1.54, 1.807) is 0 Å². The van der Waals surface area contributed by atoms with E-state index in [1.165, 1.54) is 0 Å². The van der Waals surface area contributed by atoms with E-state index in [4.69, 9.17) is 31.2 Å². The van der Waals surface area contributed by atoms with Crippen molar-refractivity contribution >= 4 is 45.4 Å². The van der Waals surface area contributed by atoms with Gasteiger partial charge in [0.1, 0.15) is 5.75 Å². The molecule has 0 spiro atoms. The number of aliphatic imine (C=N–C) groups is 1. The van der Waals surface area contributed by atoms with Crippen LogP contribution in [0, 0.1) is 0 Å². The molecule has 7 nitrogen and oxygen atoms in total. The van der Waals surface area contributed by atoms with Crippen molar-refractivity contribution in [3.63, 3.8) is 0 Å². The predicted molar refractivity (Wildman–Crippen MR) is 182 cm³/mol. The molecule has 4 aromatic carbocycles. The maximum absolute atomic E-state index is 14.2. The highest BCUT2D eigenvalue weighted by Gasteiger charge is 2.52. The van der Waals surface area contributed by atoms with Crippen LogP contribution in [0.3, 0.4) is 0 Å². The summed E-state index contributed by atoms with van der Waals surface area (Å²) in [5.41, 5.74) is 8.24. The number of benzene rings is 4. The molecule has 232 valence electrons. The number of hydrazine groups is 1. The van der Waals surface area contributed by atoms with Gasteiger partial charge >= 0.3 is 0 Å². The lowest BCUT2D eigenvalue weighted by Gasteiger charge is -2.30. The standard InChI is InChI=1S/C36H35BrClN3O4/c37-30-17-13-28(14-18-30)33-36(22-6-10-26-8-2-1-3-9-26,35(43)41-39-23-21-27-11-4-5-12-32(27)38)40-34(45-33)29-15-19-31(20-16-29)44-25-7-24-42/h1-6,8-20,33,39,42H,7,21-25H2,(H,41,43)/b10-6+/t33-,36-/m0/s1. The lowest BCUT2D eigenvalue weighted by Crippen LogP contribution is -2.52. The van der Waals surface area contributed by atoms with Gasteiger partial charge in [-0.25, -0.2) is 10.4 Å². The molecule has 9 heteroatoms. The van der Waals surface area contributed by atoms with E-state index in [-0.39, 0.29) is 18.9 Å². The zero-order valence-corrected chi connectivity index (χ0v) is 27.0. The molecule has 0 unspecified atom stereocenters. The summed E-state index contributed by atoms with van der Waals surface area (Å²) in [5.74, 6) is 0.725. The highest BCUT2D eigenvalue weighted by atomic mass is 79.9. The molecule has 1 heterocycles. The first-order chi connectivity index (χ1) is 22.0. The summed E-state index contributed by atoms with van der Waals surface area (Å²) in [6.45, 7) is 0.959. The molecule has 3 N–H and O–H groups in total. The Morgan fingerprint density at radius 1 is 1.00 bits per heavy atom. The first kappa shape index (κ1) is 32.4. The fourth-order valence-corrected chi connectivity index (χ4v) is 5.54. The zero-order valence-electron chi connectivity index (χ0n) is 24.7. The van der Waals surface area contributed by atoms with Gasteiger partial charge in [-0.05, 0) is 65.6 Å². The second-order valence-electron chi connectivity index (χ2n) is 10.6. The Labute approximate surface area is 277 Å². The minimum Gasteiger partial charge on any atom is -0.494 e. The number of aliphatic hydroxyl groups excluding tert-OH is 1. The van der Waals surface area contributed by atoms with Gasteiger partial charge in [0.15, 0.2) is 11.6 Å². The number of nitrogens with one attached hydrogen (secondary N) is 2. The number of carbonyl (C=O) groups excluding carboxylic acids is 1. The molecule has 0 saturated heterocycles. The molecule has 2 atom stereocenters. The Morgan fingerprint density at radius 3 is 2.47 bits per heavy atom. The lowest BCUT2D eigenvalue weighted by molar-refractivity contribution is -0.129. The molecule has 1 aliphatic rings. The number of amides is 1. The maximum atomic E-state index is 14.2. The molecule has 5 rings (SSSR count). The van der Waals surface area contributed by atoms with Gasteiger partial charge in [0.2, 0.25) is 5.90 Å². The molecule has 45 heavy (non-hydrogen) atoms. The van der Waals surface area contributed by atoms with Crippen molar-refractivity contribution in [1.82, 2.24) is 10.9 Å². The second kappa shape index (κ2) is 15.9.